The van der Waals surface area contributed by atoms with Crippen molar-refractivity contribution in [3.63, 3.8) is 0 Å². The second-order valence-electron chi connectivity index (χ2n) is 9.22. The molecule has 1 aliphatic carbocycles. The fraction of sp³-hybridized carbons (Fsp3) is 0.600. The highest BCUT2D eigenvalue weighted by atomic mass is 32.2. The highest BCUT2D eigenvalue weighted by Gasteiger charge is 2.38. The molecular formula is C25H33N5O2S2. The Kier molecular flexibility index (Phi) is 7.80. The van der Waals surface area contributed by atoms with E-state index in [2.05, 4.69) is 22.8 Å². The molecule has 0 atom stereocenters. The number of carbonyl (C=O) groups is 1. The summed E-state index contributed by atoms with van der Waals surface area (Å²) in [4.78, 5) is 33.7. The predicted octanol–water partition coefficient (Wildman–Crippen LogP) is 3.72. The van der Waals surface area contributed by atoms with Crippen LogP contribution < -0.4 is 10.5 Å². The molecule has 0 aromatic carbocycles. The molecule has 0 bridgehead atoms. The molecule has 7 nitrogen and oxygen atoms in total. The molecule has 3 aliphatic rings. The van der Waals surface area contributed by atoms with Crippen LogP contribution in [0, 0.1) is 18.3 Å². The normalized spacial score (nSPS) is 21.2. The quantitative estimate of drug-likeness (QED) is 0.436. The molecule has 1 saturated carbocycles. The van der Waals surface area contributed by atoms with Gasteiger partial charge in [-0.1, -0.05) is 50.7 Å². The predicted molar refractivity (Wildman–Crippen MR) is 142 cm³/mol. The molecule has 1 aromatic rings. The Balaban J connectivity index is 1.83. The van der Waals surface area contributed by atoms with Crippen molar-refractivity contribution in [2.24, 2.45) is 0 Å². The third-order valence-electron chi connectivity index (χ3n) is 7.20. The SMILES string of the molecule is CCCn1c(N2CCN(CC)CC2)c(/C=C2\SC(=S)N(C3CCCC3)C2=O)c(C)c(C#N)c1=O. The minimum Gasteiger partial charge on any atom is -0.355 e. The van der Waals surface area contributed by atoms with Crippen molar-refractivity contribution >= 4 is 46.1 Å². The van der Waals surface area contributed by atoms with Gasteiger partial charge in [0.1, 0.15) is 21.8 Å². The topological polar surface area (TPSA) is 72.6 Å². The summed E-state index contributed by atoms with van der Waals surface area (Å²) in [6.07, 6.45) is 6.90. The lowest BCUT2D eigenvalue weighted by atomic mass is 10.0. The summed E-state index contributed by atoms with van der Waals surface area (Å²) in [7, 11) is 0. The molecule has 0 spiro atoms. The molecule has 0 N–H and O–H groups in total. The van der Waals surface area contributed by atoms with Gasteiger partial charge in [-0.15, -0.1) is 0 Å². The average molecular weight is 500 g/mol. The summed E-state index contributed by atoms with van der Waals surface area (Å²) < 4.78 is 2.36. The number of hydrogen-bond acceptors (Lipinski definition) is 7. The second kappa shape index (κ2) is 10.6. The number of nitrogens with zero attached hydrogens (tertiary/aromatic N) is 5. The smallest absolute Gasteiger partial charge is 0.270 e. The van der Waals surface area contributed by atoms with Gasteiger partial charge >= 0.3 is 0 Å². The minimum absolute atomic E-state index is 0.0465. The Morgan fingerprint density at radius 1 is 1.15 bits per heavy atom. The van der Waals surface area contributed by atoms with E-state index in [9.17, 15) is 14.9 Å². The van der Waals surface area contributed by atoms with E-state index in [1.54, 1.807) is 9.47 Å². The Bertz CT molecular complexity index is 1110. The van der Waals surface area contributed by atoms with E-state index >= 15 is 0 Å². The van der Waals surface area contributed by atoms with Gasteiger partial charge in [0.25, 0.3) is 11.5 Å². The molecule has 4 rings (SSSR count). The number of amides is 1. The Labute approximate surface area is 211 Å². The number of aromatic nitrogens is 1. The first-order valence-corrected chi connectivity index (χ1v) is 13.6. The van der Waals surface area contributed by atoms with Crippen LogP contribution in [0.3, 0.4) is 0 Å². The molecule has 2 saturated heterocycles. The first-order valence-electron chi connectivity index (χ1n) is 12.3. The molecule has 1 aromatic heterocycles. The molecule has 182 valence electrons. The standard InChI is InChI=1S/C25H33N5O2S2/c1-4-10-29-22(28-13-11-27(5-2)12-14-28)19(17(3)20(16-26)23(29)31)15-21-24(32)30(25(33)34-21)18-8-6-7-9-18/h15,18H,4-14H2,1-3H3/b21-15-. The zero-order chi connectivity index (χ0) is 24.4. The number of carbonyl (C=O) groups excluding carboxylic acids is 1. The van der Waals surface area contributed by atoms with Gasteiger partial charge in [0, 0.05) is 44.3 Å². The van der Waals surface area contributed by atoms with E-state index in [-0.39, 0.29) is 23.1 Å². The number of anilines is 1. The molecule has 0 radical (unpaired) electrons. The van der Waals surface area contributed by atoms with Gasteiger partial charge in [-0.3, -0.25) is 19.1 Å². The van der Waals surface area contributed by atoms with Gasteiger partial charge in [0.05, 0.1) is 4.91 Å². The van der Waals surface area contributed by atoms with Crippen molar-refractivity contribution in [2.45, 2.75) is 65.5 Å². The maximum absolute atomic E-state index is 13.4. The summed E-state index contributed by atoms with van der Waals surface area (Å²) in [6.45, 7) is 11.0. The van der Waals surface area contributed by atoms with E-state index in [0.717, 1.165) is 76.2 Å². The lowest BCUT2D eigenvalue weighted by molar-refractivity contribution is -0.123. The summed E-state index contributed by atoms with van der Waals surface area (Å²) in [5.41, 5.74) is 1.34. The van der Waals surface area contributed by atoms with Crippen molar-refractivity contribution in [2.75, 3.05) is 37.6 Å². The zero-order valence-electron chi connectivity index (χ0n) is 20.3. The Morgan fingerprint density at radius 3 is 2.41 bits per heavy atom. The van der Waals surface area contributed by atoms with Gasteiger partial charge in [0.2, 0.25) is 0 Å². The van der Waals surface area contributed by atoms with Gasteiger partial charge < -0.3 is 9.80 Å². The van der Waals surface area contributed by atoms with Crippen LogP contribution in [0.2, 0.25) is 0 Å². The molecule has 2 aliphatic heterocycles. The molecule has 1 amide bonds. The number of nitriles is 1. The van der Waals surface area contributed by atoms with Crippen LogP contribution in [0.25, 0.3) is 6.08 Å². The van der Waals surface area contributed by atoms with Gasteiger partial charge in [-0.2, -0.15) is 5.26 Å². The molecule has 3 fully saturated rings. The number of rotatable bonds is 6. The third kappa shape index (κ3) is 4.56. The average Bonchev–Trinajstić information content (AvgIpc) is 3.45. The summed E-state index contributed by atoms with van der Waals surface area (Å²) in [5, 5.41) is 9.82. The van der Waals surface area contributed by atoms with Crippen molar-refractivity contribution in [3.05, 3.63) is 31.9 Å². The summed E-state index contributed by atoms with van der Waals surface area (Å²) in [6, 6.07) is 2.32. The number of thioether (sulfide) groups is 1. The number of likely N-dealkylation sites (N-methyl/N-ethyl adjacent to an activating group) is 1. The maximum atomic E-state index is 13.4. The monoisotopic (exact) mass is 499 g/mol. The number of piperazine rings is 1. The Morgan fingerprint density at radius 2 is 1.82 bits per heavy atom. The lowest BCUT2D eigenvalue weighted by Crippen LogP contribution is -2.48. The van der Waals surface area contributed by atoms with Crippen molar-refractivity contribution in [1.82, 2.24) is 14.4 Å². The van der Waals surface area contributed by atoms with Crippen LogP contribution in [0.1, 0.15) is 62.6 Å². The second-order valence-corrected chi connectivity index (χ2v) is 10.9. The van der Waals surface area contributed by atoms with Crippen LogP contribution in [0.5, 0.6) is 0 Å². The maximum Gasteiger partial charge on any atom is 0.270 e. The number of pyridine rings is 1. The van der Waals surface area contributed by atoms with Crippen LogP contribution in [0.15, 0.2) is 9.70 Å². The number of hydrogen-bond donors (Lipinski definition) is 0. The van der Waals surface area contributed by atoms with Crippen molar-refractivity contribution in [1.29, 1.82) is 5.26 Å². The van der Waals surface area contributed by atoms with E-state index in [1.165, 1.54) is 11.8 Å². The fourth-order valence-electron chi connectivity index (χ4n) is 5.28. The largest absolute Gasteiger partial charge is 0.355 e. The van der Waals surface area contributed by atoms with E-state index in [4.69, 9.17) is 12.2 Å². The van der Waals surface area contributed by atoms with Gasteiger partial charge in [-0.05, 0) is 44.4 Å². The molecule has 3 heterocycles. The van der Waals surface area contributed by atoms with Crippen LogP contribution in [-0.2, 0) is 11.3 Å². The molecule has 9 heteroatoms. The van der Waals surface area contributed by atoms with E-state index in [0.29, 0.717) is 21.3 Å². The summed E-state index contributed by atoms with van der Waals surface area (Å²) in [5.74, 6) is 0.778. The van der Waals surface area contributed by atoms with Gasteiger partial charge in [0.15, 0.2) is 0 Å². The first kappa shape index (κ1) is 25.0. The van der Waals surface area contributed by atoms with Crippen LogP contribution in [-0.4, -0.2) is 63.4 Å². The first-order chi connectivity index (χ1) is 16.4. The van der Waals surface area contributed by atoms with E-state index < -0.39 is 0 Å². The number of thiocarbonyl (C=S) groups is 1. The van der Waals surface area contributed by atoms with Crippen molar-refractivity contribution in [3.8, 4) is 6.07 Å². The lowest BCUT2D eigenvalue weighted by Gasteiger charge is -2.37. The fourth-order valence-corrected chi connectivity index (χ4v) is 6.66. The highest BCUT2D eigenvalue weighted by molar-refractivity contribution is 8.26. The third-order valence-corrected chi connectivity index (χ3v) is 8.53. The molecule has 34 heavy (non-hydrogen) atoms. The van der Waals surface area contributed by atoms with Crippen LogP contribution in [0.4, 0.5) is 5.82 Å². The highest BCUT2D eigenvalue weighted by Crippen LogP contribution is 2.39. The Hall–Kier alpha value is -2.15. The zero-order valence-corrected chi connectivity index (χ0v) is 21.9. The molecular weight excluding hydrogens is 466 g/mol. The van der Waals surface area contributed by atoms with Crippen LogP contribution >= 0.6 is 24.0 Å². The minimum atomic E-state index is -0.245. The van der Waals surface area contributed by atoms with Crippen molar-refractivity contribution < 1.29 is 4.79 Å². The van der Waals surface area contributed by atoms with E-state index in [1.807, 2.05) is 19.9 Å². The molecule has 0 unspecified atom stereocenters. The van der Waals surface area contributed by atoms with Gasteiger partial charge in [-0.25, -0.2) is 0 Å². The summed E-state index contributed by atoms with van der Waals surface area (Å²) >= 11 is 6.95.